The number of benzene rings is 3. The van der Waals surface area contributed by atoms with Gasteiger partial charge in [0.05, 0.1) is 17.7 Å². The molecular formula is C24H20N2O4S. The third-order valence-corrected chi connectivity index (χ3v) is 6.10. The van der Waals surface area contributed by atoms with Crippen LogP contribution in [-0.2, 0) is 21.4 Å². The van der Waals surface area contributed by atoms with Gasteiger partial charge in [0.1, 0.15) is 5.76 Å². The predicted octanol–water partition coefficient (Wildman–Crippen LogP) is 4.56. The van der Waals surface area contributed by atoms with Crippen LogP contribution in [-0.4, -0.2) is 14.3 Å². The highest BCUT2D eigenvalue weighted by atomic mass is 32.2. The van der Waals surface area contributed by atoms with Crippen LogP contribution in [0.3, 0.4) is 0 Å². The number of fused-ring (bicyclic) bond motifs is 1. The summed E-state index contributed by atoms with van der Waals surface area (Å²) in [6, 6.07) is 23.2. The van der Waals surface area contributed by atoms with Gasteiger partial charge in [-0.3, -0.25) is 4.79 Å². The van der Waals surface area contributed by atoms with Gasteiger partial charge in [0.15, 0.2) is 0 Å². The molecule has 1 aromatic heterocycles. The lowest BCUT2D eigenvalue weighted by molar-refractivity contribution is -0.111. The van der Waals surface area contributed by atoms with Crippen molar-refractivity contribution >= 4 is 38.5 Å². The average Bonchev–Trinajstić information content (AvgIpc) is 3.31. The van der Waals surface area contributed by atoms with E-state index in [4.69, 9.17) is 4.42 Å². The monoisotopic (exact) mass is 432 g/mol. The first-order valence-corrected chi connectivity index (χ1v) is 11.1. The third-order valence-electron chi connectivity index (χ3n) is 4.68. The number of nitrogens with one attached hydrogen (secondary N) is 2. The molecule has 7 heteroatoms. The molecule has 1 heterocycles. The normalized spacial score (nSPS) is 11.7. The quantitative estimate of drug-likeness (QED) is 0.419. The summed E-state index contributed by atoms with van der Waals surface area (Å²) in [7, 11) is -3.66. The van der Waals surface area contributed by atoms with E-state index in [2.05, 4.69) is 10.0 Å². The predicted molar refractivity (Wildman–Crippen MR) is 121 cm³/mol. The topological polar surface area (TPSA) is 88.4 Å². The highest BCUT2D eigenvalue weighted by molar-refractivity contribution is 7.89. The van der Waals surface area contributed by atoms with E-state index in [0.29, 0.717) is 11.3 Å². The molecule has 0 radical (unpaired) electrons. The SMILES string of the molecule is O=C(C=Cc1ccc(S(=O)(=O)NCc2ccco2)cc1)Nc1cccc2ccccc12. The number of carbonyl (C=O) groups excluding carboxylic acids is 1. The van der Waals surface area contributed by atoms with E-state index in [-0.39, 0.29) is 17.3 Å². The Kier molecular flexibility index (Phi) is 5.97. The van der Waals surface area contributed by atoms with Gasteiger partial charge in [-0.05, 0) is 47.4 Å². The summed E-state index contributed by atoms with van der Waals surface area (Å²) >= 11 is 0. The van der Waals surface area contributed by atoms with Gasteiger partial charge < -0.3 is 9.73 Å². The Morgan fingerprint density at radius 3 is 2.45 bits per heavy atom. The van der Waals surface area contributed by atoms with E-state index >= 15 is 0 Å². The van der Waals surface area contributed by atoms with Gasteiger partial charge in [-0.25, -0.2) is 13.1 Å². The Morgan fingerprint density at radius 1 is 0.903 bits per heavy atom. The molecule has 2 N–H and O–H groups in total. The molecule has 156 valence electrons. The fourth-order valence-electron chi connectivity index (χ4n) is 3.10. The molecule has 0 aliphatic carbocycles. The van der Waals surface area contributed by atoms with Gasteiger partial charge in [0.25, 0.3) is 0 Å². The lowest BCUT2D eigenvalue weighted by Crippen LogP contribution is -2.22. The number of furan rings is 1. The number of rotatable bonds is 7. The molecule has 4 rings (SSSR count). The molecule has 0 saturated carbocycles. The van der Waals surface area contributed by atoms with Crippen molar-refractivity contribution in [2.75, 3.05) is 5.32 Å². The summed E-state index contributed by atoms with van der Waals surface area (Å²) in [6.07, 6.45) is 4.54. The zero-order chi connectivity index (χ0) is 21.7. The second kappa shape index (κ2) is 8.99. The van der Waals surface area contributed by atoms with Gasteiger partial charge in [-0.2, -0.15) is 0 Å². The van der Waals surface area contributed by atoms with Crippen molar-refractivity contribution in [2.45, 2.75) is 11.4 Å². The average molecular weight is 433 g/mol. The van der Waals surface area contributed by atoms with Gasteiger partial charge >= 0.3 is 0 Å². The van der Waals surface area contributed by atoms with Crippen LogP contribution in [0.25, 0.3) is 16.8 Å². The third kappa shape index (κ3) is 5.09. The smallest absolute Gasteiger partial charge is 0.248 e. The molecule has 0 fully saturated rings. The maximum absolute atomic E-state index is 12.4. The molecule has 0 spiro atoms. The zero-order valence-corrected chi connectivity index (χ0v) is 17.3. The summed E-state index contributed by atoms with van der Waals surface area (Å²) in [5, 5.41) is 4.89. The first-order chi connectivity index (χ1) is 15.0. The van der Waals surface area contributed by atoms with Gasteiger partial charge in [0.2, 0.25) is 15.9 Å². The lowest BCUT2D eigenvalue weighted by Gasteiger charge is -2.07. The summed E-state index contributed by atoms with van der Waals surface area (Å²) in [6.45, 7) is 0.0747. The Hall–Kier alpha value is -3.68. The molecule has 4 aromatic rings. The lowest BCUT2D eigenvalue weighted by atomic mass is 10.1. The van der Waals surface area contributed by atoms with Crippen LogP contribution in [0.15, 0.2) is 101 Å². The number of anilines is 1. The van der Waals surface area contributed by atoms with E-state index in [1.54, 1.807) is 30.3 Å². The molecule has 0 unspecified atom stereocenters. The largest absolute Gasteiger partial charge is 0.468 e. The molecule has 3 aromatic carbocycles. The Labute approximate surface area is 180 Å². The van der Waals surface area contributed by atoms with Gasteiger partial charge in [-0.15, -0.1) is 0 Å². The molecular weight excluding hydrogens is 412 g/mol. The molecule has 6 nitrogen and oxygen atoms in total. The van der Waals surface area contributed by atoms with Crippen molar-refractivity contribution in [3.63, 3.8) is 0 Å². The minimum atomic E-state index is -3.66. The Bertz CT molecular complexity index is 1320. The number of hydrogen-bond acceptors (Lipinski definition) is 4. The Balaban J connectivity index is 1.40. The summed E-state index contributed by atoms with van der Waals surface area (Å²) in [5.41, 5.74) is 1.44. The van der Waals surface area contributed by atoms with E-state index < -0.39 is 10.0 Å². The van der Waals surface area contributed by atoms with Crippen molar-refractivity contribution in [3.05, 3.63) is 103 Å². The number of hydrogen-bond donors (Lipinski definition) is 2. The van der Waals surface area contributed by atoms with E-state index in [0.717, 1.165) is 16.5 Å². The van der Waals surface area contributed by atoms with Crippen molar-refractivity contribution in [1.29, 1.82) is 0 Å². The second-order valence-electron chi connectivity index (χ2n) is 6.82. The molecule has 1 amide bonds. The molecule has 0 aliphatic rings. The minimum absolute atomic E-state index is 0.0747. The first kappa shape index (κ1) is 20.6. The fraction of sp³-hybridized carbons (Fsp3) is 0.0417. The summed E-state index contributed by atoms with van der Waals surface area (Å²) < 4.78 is 32.4. The number of carbonyl (C=O) groups is 1. The van der Waals surface area contributed by atoms with Crippen LogP contribution in [0.4, 0.5) is 5.69 Å². The van der Waals surface area contributed by atoms with Crippen LogP contribution in [0.2, 0.25) is 0 Å². The maximum Gasteiger partial charge on any atom is 0.248 e. The van der Waals surface area contributed by atoms with Crippen LogP contribution in [0.1, 0.15) is 11.3 Å². The highest BCUT2D eigenvalue weighted by Crippen LogP contribution is 2.23. The minimum Gasteiger partial charge on any atom is -0.468 e. The van der Waals surface area contributed by atoms with Crippen molar-refractivity contribution in [2.24, 2.45) is 0 Å². The summed E-state index contributed by atoms with van der Waals surface area (Å²) in [5.74, 6) is 0.258. The van der Waals surface area contributed by atoms with E-state index in [9.17, 15) is 13.2 Å². The first-order valence-electron chi connectivity index (χ1n) is 9.60. The van der Waals surface area contributed by atoms with Crippen molar-refractivity contribution in [1.82, 2.24) is 4.72 Å². The molecule has 0 atom stereocenters. The number of amides is 1. The van der Waals surface area contributed by atoms with Crippen LogP contribution < -0.4 is 10.0 Å². The van der Waals surface area contributed by atoms with Crippen LogP contribution in [0, 0.1) is 0 Å². The fourth-order valence-corrected chi connectivity index (χ4v) is 4.09. The summed E-state index contributed by atoms with van der Waals surface area (Å²) in [4.78, 5) is 12.5. The molecule has 0 bridgehead atoms. The highest BCUT2D eigenvalue weighted by Gasteiger charge is 2.14. The Morgan fingerprint density at radius 2 is 1.68 bits per heavy atom. The van der Waals surface area contributed by atoms with Crippen LogP contribution >= 0.6 is 0 Å². The van der Waals surface area contributed by atoms with Crippen LogP contribution in [0.5, 0.6) is 0 Å². The molecule has 31 heavy (non-hydrogen) atoms. The van der Waals surface area contributed by atoms with E-state index in [1.807, 2.05) is 42.5 Å². The number of sulfonamides is 1. The van der Waals surface area contributed by atoms with Gasteiger partial charge in [-0.1, -0.05) is 48.5 Å². The molecule has 0 aliphatic heterocycles. The van der Waals surface area contributed by atoms with Crippen molar-refractivity contribution in [3.8, 4) is 0 Å². The second-order valence-corrected chi connectivity index (χ2v) is 8.59. The standard InChI is InChI=1S/C24H20N2O4S/c27-24(26-23-9-3-6-19-5-1-2-8-22(19)23)15-12-18-10-13-21(14-11-18)31(28,29)25-17-20-7-4-16-30-20/h1-16,25H,17H2,(H,26,27). The maximum atomic E-state index is 12.4. The van der Waals surface area contributed by atoms with E-state index in [1.165, 1.54) is 24.5 Å². The van der Waals surface area contributed by atoms with Gasteiger partial charge in [0, 0.05) is 17.1 Å². The van der Waals surface area contributed by atoms with Crippen molar-refractivity contribution < 1.29 is 17.6 Å². The molecule has 0 saturated heterocycles. The zero-order valence-electron chi connectivity index (χ0n) is 16.5.